The Morgan fingerprint density at radius 1 is 1.10 bits per heavy atom. The van der Waals surface area contributed by atoms with Crippen LogP contribution < -0.4 is 10.1 Å². The van der Waals surface area contributed by atoms with E-state index in [1.165, 1.54) is 12.1 Å². The number of aliphatic carboxylic acids is 1. The molecule has 0 radical (unpaired) electrons. The SMILES string of the molecule is CC(C)Oc1ccc2c(Cl)nc(C(=O)N[C@H](Cc3ccc(O)cc3)C(=O)O)c(O)c2c1. The maximum atomic E-state index is 12.8. The smallest absolute Gasteiger partial charge is 0.326 e. The Balaban J connectivity index is 1.91. The molecule has 0 unspecified atom stereocenters. The zero-order chi connectivity index (χ0) is 22.7. The number of halogens is 1. The molecule has 0 saturated carbocycles. The van der Waals surface area contributed by atoms with E-state index < -0.39 is 29.4 Å². The lowest BCUT2D eigenvalue weighted by Crippen LogP contribution is -2.42. The van der Waals surface area contributed by atoms with Gasteiger partial charge < -0.3 is 25.4 Å². The molecule has 0 aliphatic rings. The van der Waals surface area contributed by atoms with Crippen LogP contribution in [0, 0.1) is 0 Å². The second-order valence-corrected chi connectivity index (χ2v) is 7.57. The maximum Gasteiger partial charge on any atom is 0.326 e. The highest BCUT2D eigenvalue weighted by Crippen LogP contribution is 2.34. The minimum Gasteiger partial charge on any atom is -0.508 e. The lowest BCUT2D eigenvalue weighted by Gasteiger charge is -2.16. The van der Waals surface area contributed by atoms with Gasteiger partial charge in [-0.25, -0.2) is 9.78 Å². The zero-order valence-electron chi connectivity index (χ0n) is 16.8. The predicted octanol–water partition coefficient (Wildman–Crippen LogP) is 3.51. The molecule has 0 bridgehead atoms. The van der Waals surface area contributed by atoms with Crippen LogP contribution in [0.4, 0.5) is 0 Å². The van der Waals surface area contributed by atoms with Gasteiger partial charge in [0.25, 0.3) is 5.91 Å². The fourth-order valence-corrected chi connectivity index (χ4v) is 3.29. The molecule has 162 valence electrons. The Bertz CT molecular complexity index is 1130. The fraction of sp³-hybridized carbons (Fsp3) is 0.227. The Morgan fingerprint density at radius 2 is 1.77 bits per heavy atom. The van der Waals surface area contributed by atoms with Gasteiger partial charge in [0.1, 0.15) is 22.7 Å². The van der Waals surface area contributed by atoms with Crippen LogP contribution in [-0.2, 0) is 11.2 Å². The highest BCUT2D eigenvalue weighted by Gasteiger charge is 2.25. The Labute approximate surface area is 183 Å². The highest BCUT2D eigenvalue weighted by atomic mass is 35.5. The molecule has 4 N–H and O–H groups in total. The Morgan fingerprint density at radius 3 is 2.39 bits per heavy atom. The number of hydrogen-bond donors (Lipinski definition) is 4. The van der Waals surface area contributed by atoms with Gasteiger partial charge in [0.2, 0.25) is 0 Å². The van der Waals surface area contributed by atoms with Crippen molar-refractivity contribution in [2.45, 2.75) is 32.4 Å². The number of aromatic nitrogens is 1. The van der Waals surface area contributed by atoms with E-state index in [2.05, 4.69) is 10.3 Å². The normalized spacial score (nSPS) is 12.0. The number of carbonyl (C=O) groups excluding carboxylic acids is 1. The Hall–Kier alpha value is -3.52. The number of carboxylic acids is 1. The summed E-state index contributed by atoms with van der Waals surface area (Å²) in [5, 5.41) is 32.6. The molecule has 31 heavy (non-hydrogen) atoms. The van der Waals surface area contributed by atoms with E-state index in [1.54, 1.807) is 30.3 Å². The van der Waals surface area contributed by atoms with Crippen LogP contribution in [0.3, 0.4) is 0 Å². The monoisotopic (exact) mass is 444 g/mol. The topological polar surface area (TPSA) is 129 Å². The molecule has 1 heterocycles. The number of nitrogens with zero attached hydrogens (tertiary/aromatic N) is 1. The van der Waals surface area contributed by atoms with E-state index in [0.29, 0.717) is 16.7 Å². The van der Waals surface area contributed by atoms with Crippen molar-refractivity contribution in [1.29, 1.82) is 0 Å². The van der Waals surface area contributed by atoms with Crippen LogP contribution in [0.2, 0.25) is 5.15 Å². The maximum absolute atomic E-state index is 12.8. The number of hydrogen-bond acceptors (Lipinski definition) is 6. The number of rotatable bonds is 7. The largest absolute Gasteiger partial charge is 0.508 e. The fourth-order valence-electron chi connectivity index (χ4n) is 3.04. The Kier molecular flexibility index (Phi) is 6.50. The summed E-state index contributed by atoms with van der Waals surface area (Å²) in [7, 11) is 0. The van der Waals surface area contributed by atoms with Crippen LogP contribution in [-0.4, -0.2) is 44.3 Å². The molecule has 2 aromatic carbocycles. The molecule has 3 aromatic rings. The van der Waals surface area contributed by atoms with Crippen molar-refractivity contribution in [1.82, 2.24) is 10.3 Å². The number of amides is 1. The number of nitrogens with one attached hydrogen (secondary N) is 1. The van der Waals surface area contributed by atoms with Crippen molar-refractivity contribution in [2.75, 3.05) is 0 Å². The number of phenols is 1. The molecule has 0 spiro atoms. The molecule has 0 aliphatic carbocycles. The summed E-state index contributed by atoms with van der Waals surface area (Å²) in [5.41, 5.74) is 0.200. The zero-order valence-corrected chi connectivity index (χ0v) is 17.6. The van der Waals surface area contributed by atoms with Crippen molar-refractivity contribution < 1.29 is 29.6 Å². The quantitative estimate of drug-likeness (QED) is 0.410. The van der Waals surface area contributed by atoms with Gasteiger partial charge in [0.15, 0.2) is 11.4 Å². The number of carboxylic acid groups (broad SMARTS) is 1. The van der Waals surface area contributed by atoms with Crippen molar-refractivity contribution in [3.05, 3.63) is 58.9 Å². The highest BCUT2D eigenvalue weighted by molar-refractivity contribution is 6.35. The summed E-state index contributed by atoms with van der Waals surface area (Å²) < 4.78 is 5.62. The van der Waals surface area contributed by atoms with Crippen LogP contribution >= 0.6 is 11.6 Å². The molecule has 3 rings (SSSR count). The van der Waals surface area contributed by atoms with Gasteiger partial charge in [-0.3, -0.25) is 4.79 Å². The lowest BCUT2D eigenvalue weighted by atomic mass is 10.1. The summed E-state index contributed by atoms with van der Waals surface area (Å²) in [6, 6.07) is 9.49. The number of pyridine rings is 1. The van der Waals surface area contributed by atoms with Gasteiger partial charge in [0.05, 0.1) is 6.10 Å². The van der Waals surface area contributed by atoms with Gasteiger partial charge >= 0.3 is 5.97 Å². The average molecular weight is 445 g/mol. The standard InChI is InChI=1S/C22H21ClN2O6/c1-11(2)31-14-7-8-15-16(10-14)19(27)18(25-20(15)23)21(28)24-17(22(29)30)9-12-3-5-13(26)6-4-12/h3-8,10-11,17,26-27H,9H2,1-2H3,(H,24,28)(H,29,30)/t17-/m1/s1. The first kappa shape index (κ1) is 22.2. The third-order valence-corrected chi connectivity index (χ3v) is 4.76. The first-order valence-corrected chi connectivity index (χ1v) is 9.84. The van der Waals surface area contributed by atoms with E-state index in [0.717, 1.165) is 0 Å². The first-order valence-electron chi connectivity index (χ1n) is 9.46. The van der Waals surface area contributed by atoms with Gasteiger partial charge in [-0.1, -0.05) is 23.7 Å². The van der Waals surface area contributed by atoms with Gasteiger partial charge in [-0.15, -0.1) is 0 Å². The number of phenolic OH excluding ortho intramolecular Hbond substituents is 1. The van der Waals surface area contributed by atoms with E-state index in [4.69, 9.17) is 16.3 Å². The number of aromatic hydroxyl groups is 2. The van der Waals surface area contributed by atoms with Crippen LogP contribution in [0.15, 0.2) is 42.5 Å². The molecule has 1 amide bonds. The van der Waals surface area contributed by atoms with Crippen molar-refractivity contribution >= 4 is 34.2 Å². The van der Waals surface area contributed by atoms with Gasteiger partial charge in [0, 0.05) is 17.2 Å². The van der Waals surface area contributed by atoms with E-state index >= 15 is 0 Å². The van der Waals surface area contributed by atoms with Crippen LogP contribution in [0.5, 0.6) is 17.2 Å². The average Bonchev–Trinajstić information content (AvgIpc) is 2.71. The molecule has 1 atom stereocenters. The summed E-state index contributed by atoms with van der Waals surface area (Å²) in [5.74, 6) is -2.06. The predicted molar refractivity (Wildman–Crippen MR) is 115 cm³/mol. The summed E-state index contributed by atoms with van der Waals surface area (Å²) in [4.78, 5) is 28.4. The van der Waals surface area contributed by atoms with Crippen molar-refractivity contribution in [3.63, 3.8) is 0 Å². The first-order chi connectivity index (χ1) is 14.7. The van der Waals surface area contributed by atoms with Gasteiger partial charge in [-0.2, -0.15) is 0 Å². The van der Waals surface area contributed by atoms with Gasteiger partial charge in [-0.05, 0) is 49.7 Å². The van der Waals surface area contributed by atoms with E-state index in [-0.39, 0.29) is 28.8 Å². The number of benzene rings is 2. The molecule has 8 nitrogen and oxygen atoms in total. The van der Waals surface area contributed by atoms with Crippen LogP contribution in [0.25, 0.3) is 10.8 Å². The number of fused-ring (bicyclic) bond motifs is 1. The van der Waals surface area contributed by atoms with E-state index in [9.17, 15) is 24.9 Å². The molecule has 0 fully saturated rings. The van der Waals surface area contributed by atoms with Crippen LogP contribution in [0.1, 0.15) is 29.9 Å². The van der Waals surface area contributed by atoms with Crippen molar-refractivity contribution in [3.8, 4) is 17.2 Å². The summed E-state index contributed by atoms with van der Waals surface area (Å²) in [6.45, 7) is 3.70. The molecule has 1 aromatic heterocycles. The minimum atomic E-state index is -1.29. The molecule has 0 saturated heterocycles. The molecule has 0 aliphatic heterocycles. The van der Waals surface area contributed by atoms with E-state index in [1.807, 2.05) is 13.8 Å². The number of carbonyl (C=O) groups is 2. The second-order valence-electron chi connectivity index (χ2n) is 7.21. The molecular weight excluding hydrogens is 424 g/mol. The lowest BCUT2D eigenvalue weighted by molar-refractivity contribution is -0.139. The summed E-state index contributed by atoms with van der Waals surface area (Å²) in [6.07, 6.45) is -0.133. The third kappa shape index (κ3) is 5.16. The molecule has 9 heteroatoms. The molecular formula is C22H21ClN2O6. The summed E-state index contributed by atoms with van der Waals surface area (Å²) >= 11 is 6.20. The van der Waals surface area contributed by atoms with Crippen molar-refractivity contribution in [2.24, 2.45) is 0 Å². The third-order valence-electron chi connectivity index (χ3n) is 4.47. The minimum absolute atomic E-state index is 0.0144. The number of ether oxygens (including phenoxy) is 1. The second kappa shape index (κ2) is 9.09.